The maximum Gasteiger partial charge on any atom is 0.220 e. The highest BCUT2D eigenvalue weighted by Crippen LogP contribution is 2.49. The molecule has 1 fully saturated rings. The van der Waals surface area contributed by atoms with Crippen molar-refractivity contribution in [3.05, 3.63) is 77.9 Å². The first-order valence-corrected chi connectivity index (χ1v) is 9.84. The van der Waals surface area contributed by atoms with E-state index in [0.29, 0.717) is 12.0 Å². The van der Waals surface area contributed by atoms with E-state index in [2.05, 4.69) is 71.6 Å². The zero-order valence-electron chi connectivity index (χ0n) is 15.3. The summed E-state index contributed by atoms with van der Waals surface area (Å²) < 4.78 is 0. The van der Waals surface area contributed by atoms with Crippen LogP contribution in [0.25, 0.3) is 10.8 Å². The molecular weight excluding hydrogens is 332 g/mol. The monoisotopic (exact) mass is 356 g/mol. The number of para-hydroxylation sites is 1. The van der Waals surface area contributed by atoms with Gasteiger partial charge in [0.1, 0.15) is 0 Å². The number of primary amides is 1. The highest BCUT2D eigenvalue weighted by molar-refractivity contribution is 5.86. The number of carbonyl (C=O) groups is 1. The average Bonchev–Trinajstić information content (AvgIpc) is 3.02. The summed E-state index contributed by atoms with van der Waals surface area (Å²) in [6, 6.07) is 24.3. The SMILES string of the molecule is NC(=O)C1CCC2C(C1)c1ccccc1N2Cc1cccc2ccccc12. The van der Waals surface area contributed by atoms with Gasteiger partial charge in [-0.3, -0.25) is 4.79 Å². The van der Waals surface area contributed by atoms with Crippen LogP contribution in [-0.4, -0.2) is 11.9 Å². The van der Waals surface area contributed by atoms with Gasteiger partial charge in [0.25, 0.3) is 0 Å². The minimum absolute atomic E-state index is 0.0109. The van der Waals surface area contributed by atoms with Gasteiger partial charge in [0, 0.05) is 30.1 Å². The molecule has 0 saturated heterocycles. The van der Waals surface area contributed by atoms with Crippen molar-refractivity contribution in [2.24, 2.45) is 11.7 Å². The van der Waals surface area contributed by atoms with Crippen molar-refractivity contribution >= 4 is 22.4 Å². The van der Waals surface area contributed by atoms with E-state index in [1.54, 1.807) is 0 Å². The number of nitrogens with zero attached hydrogens (tertiary/aromatic N) is 1. The van der Waals surface area contributed by atoms with Crippen LogP contribution in [0.1, 0.15) is 36.3 Å². The van der Waals surface area contributed by atoms with Crippen LogP contribution in [0.4, 0.5) is 5.69 Å². The van der Waals surface area contributed by atoms with Crippen molar-refractivity contribution in [1.29, 1.82) is 0 Å². The van der Waals surface area contributed by atoms with Gasteiger partial charge in [0.05, 0.1) is 0 Å². The van der Waals surface area contributed by atoms with Crippen LogP contribution in [0.2, 0.25) is 0 Å². The summed E-state index contributed by atoms with van der Waals surface area (Å²) in [6.07, 6.45) is 2.80. The molecule has 1 heterocycles. The largest absolute Gasteiger partial charge is 0.369 e. The Labute approximate surface area is 159 Å². The molecule has 3 nitrogen and oxygen atoms in total. The lowest BCUT2D eigenvalue weighted by Gasteiger charge is -2.36. The predicted molar refractivity (Wildman–Crippen MR) is 110 cm³/mol. The predicted octanol–water partition coefficient (Wildman–Crippen LogP) is 4.60. The molecule has 3 heteroatoms. The summed E-state index contributed by atoms with van der Waals surface area (Å²) in [7, 11) is 0. The van der Waals surface area contributed by atoms with Gasteiger partial charge >= 0.3 is 0 Å². The number of amides is 1. The molecule has 1 aliphatic heterocycles. The molecule has 3 unspecified atom stereocenters. The molecule has 2 aliphatic rings. The van der Waals surface area contributed by atoms with E-state index in [9.17, 15) is 4.79 Å². The number of fused-ring (bicyclic) bond motifs is 4. The number of anilines is 1. The second-order valence-corrected chi connectivity index (χ2v) is 7.91. The van der Waals surface area contributed by atoms with Gasteiger partial charge in [-0.25, -0.2) is 0 Å². The summed E-state index contributed by atoms with van der Waals surface area (Å²) in [6.45, 7) is 0.904. The molecule has 1 saturated carbocycles. The second-order valence-electron chi connectivity index (χ2n) is 7.91. The van der Waals surface area contributed by atoms with Gasteiger partial charge < -0.3 is 10.6 Å². The molecule has 0 bridgehead atoms. The van der Waals surface area contributed by atoms with Gasteiger partial charge in [-0.05, 0) is 47.2 Å². The lowest BCUT2D eigenvalue weighted by molar-refractivity contribution is -0.122. The van der Waals surface area contributed by atoms with Crippen LogP contribution in [-0.2, 0) is 11.3 Å². The standard InChI is InChI=1S/C24H24N2O/c25-24(27)17-12-13-23-21(14-17)20-10-3-4-11-22(20)26(23)15-18-8-5-7-16-6-1-2-9-19(16)18/h1-11,17,21,23H,12-15H2,(H2,25,27). The maximum atomic E-state index is 11.8. The first-order valence-electron chi connectivity index (χ1n) is 9.84. The molecule has 3 atom stereocenters. The fraction of sp³-hybridized carbons (Fsp3) is 0.292. The van der Waals surface area contributed by atoms with E-state index in [0.717, 1.165) is 25.8 Å². The Kier molecular flexibility index (Phi) is 3.89. The zero-order chi connectivity index (χ0) is 18.4. The van der Waals surface area contributed by atoms with E-state index in [-0.39, 0.29) is 11.8 Å². The summed E-state index contributed by atoms with van der Waals surface area (Å²) in [5, 5.41) is 2.61. The number of carbonyl (C=O) groups excluding carboxylic acids is 1. The van der Waals surface area contributed by atoms with Crippen molar-refractivity contribution < 1.29 is 4.79 Å². The molecule has 0 aromatic heterocycles. The molecule has 0 spiro atoms. The Bertz CT molecular complexity index is 1010. The third-order valence-electron chi connectivity index (χ3n) is 6.48. The maximum absolute atomic E-state index is 11.8. The topological polar surface area (TPSA) is 46.3 Å². The highest BCUT2D eigenvalue weighted by atomic mass is 16.1. The smallest absolute Gasteiger partial charge is 0.220 e. The molecule has 5 rings (SSSR count). The van der Waals surface area contributed by atoms with Crippen LogP contribution >= 0.6 is 0 Å². The number of hydrogen-bond donors (Lipinski definition) is 1. The minimum atomic E-state index is -0.140. The van der Waals surface area contributed by atoms with Crippen LogP contribution < -0.4 is 10.6 Å². The molecule has 1 amide bonds. The van der Waals surface area contributed by atoms with Gasteiger partial charge in [0.2, 0.25) is 5.91 Å². The molecule has 1 aliphatic carbocycles. The third-order valence-corrected chi connectivity index (χ3v) is 6.48. The average molecular weight is 356 g/mol. The first-order chi connectivity index (χ1) is 13.2. The van der Waals surface area contributed by atoms with E-state index >= 15 is 0 Å². The Morgan fingerprint density at radius 1 is 0.963 bits per heavy atom. The zero-order valence-corrected chi connectivity index (χ0v) is 15.3. The molecule has 3 aromatic carbocycles. The Morgan fingerprint density at radius 2 is 1.74 bits per heavy atom. The summed E-state index contributed by atoms with van der Waals surface area (Å²) >= 11 is 0. The molecule has 136 valence electrons. The fourth-order valence-electron chi connectivity index (χ4n) is 5.18. The minimum Gasteiger partial charge on any atom is -0.369 e. The number of nitrogens with two attached hydrogens (primary N) is 1. The number of hydrogen-bond acceptors (Lipinski definition) is 2. The lowest BCUT2D eigenvalue weighted by atomic mass is 9.76. The Hall–Kier alpha value is -2.81. The van der Waals surface area contributed by atoms with Gasteiger partial charge in [-0.1, -0.05) is 60.7 Å². The van der Waals surface area contributed by atoms with E-state index in [4.69, 9.17) is 5.73 Å². The van der Waals surface area contributed by atoms with E-state index in [1.807, 2.05) is 0 Å². The fourth-order valence-corrected chi connectivity index (χ4v) is 5.18. The third kappa shape index (κ3) is 2.69. The van der Waals surface area contributed by atoms with Crippen molar-refractivity contribution in [3.63, 3.8) is 0 Å². The Morgan fingerprint density at radius 3 is 2.63 bits per heavy atom. The lowest BCUT2D eigenvalue weighted by Crippen LogP contribution is -2.40. The molecule has 3 aromatic rings. The normalized spacial score (nSPS) is 23.9. The molecule has 27 heavy (non-hydrogen) atoms. The molecular formula is C24H24N2O. The second kappa shape index (κ2) is 6.41. The van der Waals surface area contributed by atoms with Crippen molar-refractivity contribution in [2.75, 3.05) is 4.90 Å². The van der Waals surface area contributed by atoms with Gasteiger partial charge in [-0.2, -0.15) is 0 Å². The summed E-state index contributed by atoms with van der Waals surface area (Å²) in [5.74, 6) is 0.276. The molecule has 2 N–H and O–H groups in total. The summed E-state index contributed by atoms with van der Waals surface area (Å²) in [5.41, 5.74) is 9.71. The van der Waals surface area contributed by atoms with E-state index < -0.39 is 0 Å². The number of benzene rings is 3. The van der Waals surface area contributed by atoms with E-state index in [1.165, 1.54) is 27.6 Å². The van der Waals surface area contributed by atoms with Crippen LogP contribution in [0.3, 0.4) is 0 Å². The number of rotatable bonds is 3. The quantitative estimate of drug-likeness (QED) is 0.746. The van der Waals surface area contributed by atoms with Crippen LogP contribution in [0, 0.1) is 5.92 Å². The van der Waals surface area contributed by atoms with Crippen molar-refractivity contribution in [2.45, 2.75) is 37.8 Å². The van der Waals surface area contributed by atoms with Crippen molar-refractivity contribution in [3.8, 4) is 0 Å². The van der Waals surface area contributed by atoms with Crippen molar-refractivity contribution in [1.82, 2.24) is 0 Å². The van der Waals surface area contributed by atoms with Gasteiger partial charge in [-0.15, -0.1) is 0 Å². The molecule has 0 radical (unpaired) electrons. The van der Waals surface area contributed by atoms with Gasteiger partial charge in [0.15, 0.2) is 0 Å². The van der Waals surface area contributed by atoms with Crippen LogP contribution in [0.5, 0.6) is 0 Å². The van der Waals surface area contributed by atoms with Crippen LogP contribution in [0.15, 0.2) is 66.7 Å². The highest BCUT2D eigenvalue weighted by Gasteiger charge is 2.43. The first kappa shape index (κ1) is 16.4. The Balaban J connectivity index is 1.53. The summed E-state index contributed by atoms with van der Waals surface area (Å²) in [4.78, 5) is 14.4.